The topological polar surface area (TPSA) is 44.4 Å². The lowest BCUT2D eigenvalue weighted by molar-refractivity contribution is 0.213. The molecule has 0 bridgehead atoms. The van der Waals surface area contributed by atoms with Gasteiger partial charge in [0.25, 0.3) is 0 Å². The van der Waals surface area contributed by atoms with E-state index in [2.05, 4.69) is 24.5 Å². The Bertz CT molecular complexity index is 274. The molecule has 2 amide bonds. The Morgan fingerprint density at radius 3 is 2.83 bits per heavy atom. The first-order valence-corrected chi connectivity index (χ1v) is 7.44. The molecule has 4 heteroatoms. The van der Waals surface area contributed by atoms with Crippen LogP contribution in [0.25, 0.3) is 0 Å². The lowest BCUT2D eigenvalue weighted by Crippen LogP contribution is -2.38. The van der Waals surface area contributed by atoms with Gasteiger partial charge in [-0.05, 0) is 38.1 Å². The van der Waals surface area contributed by atoms with Crippen molar-refractivity contribution in [2.24, 2.45) is 5.92 Å². The molecule has 104 valence electrons. The molecule has 0 aromatic rings. The minimum atomic E-state index is 0.136. The number of amides is 2. The Labute approximate surface area is 110 Å². The van der Waals surface area contributed by atoms with Gasteiger partial charge in [0.15, 0.2) is 0 Å². The van der Waals surface area contributed by atoms with E-state index in [4.69, 9.17) is 0 Å². The Kier molecular flexibility index (Phi) is 4.87. The first kappa shape index (κ1) is 13.7. The SMILES string of the molecule is CC(C)CC1CN(CCC2CCCCN2)C(=O)N1. The first-order chi connectivity index (χ1) is 8.65. The molecule has 0 spiro atoms. The van der Waals surface area contributed by atoms with Crippen molar-refractivity contribution in [2.75, 3.05) is 19.6 Å². The molecule has 2 heterocycles. The van der Waals surface area contributed by atoms with Crippen molar-refractivity contribution in [3.05, 3.63) is 0 Å². The number of nitrogens with zero attached hydrogens (tertiary/aromatic N) is 1. The summed E-state index contributed by atoms with van der Waals surface area (Å²) in [7, 11) is 0. The van der Waals surface area contributed by atoms with Crippen LogP contribution in [0.2, 0.25) is 0 Å². The summed E-state index contributed by atoms with van der Waals surface area (Å²) in [5.74, 6) is 0.648. The van der Waals surface area contributed by atoms with E-state index in [9.17, 15) is 4.79 Å². The van der Waals surface area contributed by atoms with Crippen LogP contribution < -0.4 is 10.6 Å². The molecule has 0 aliphatic carbocycles. The van der Waals surface area contributed by atoms with Crippen LogP contribution in [0, 0.1) is 5.92 Å². The molecule has 2 saturated heterocycles. The number of carbonyl (C=O) groups is 1. The fourth-order valence-electron chi connectivity index (χ4n) is 3.04. The highest BCUT2D eigenvalue weighted by Crippen LogP contribution is 2.15. The molecule has 2 unspecified atom stereocenters. The van der Waals surface area contributed by atoms with E-state index < -0.39 is 0 Å². The number of hydrogen-bond donors (Lipinski definition) is 2. The summed E-state index contributed by atoms with van der Waals surface area (Å²) < 4.78 is 0. The van der Waals surface area contributed by atoms with Gasteiger partial charge in [0.2, 0.25) is 0 Å². The van der Waals surface area contributed by atoms with Crippen LogP contribution in [-0.4, -0.2) is 42.6 Å². The van der Waals surface area contributed by atoms with E-state index in [0.29, 0.717) is 18.0 Å². The second-order valence-electron chi connectivity index (χ2n) is 6.16. The summed E-state index contributed by atoms with van der Waals surface area (Å²) in [4.78, 5) is 13.8. The van der Waals surface area contributed by atoms with E-state index in [0.717, 1.165) is 32.5 Å². The molecule has 2 aliphatic rings. The standard InChI is InChI=1S/C14H27N3O/c1-11(2)9-13-10-17(14(18)16-13)8-6-12-5-3-4-7-15-12/h11-13,15H,3-10H2,1-2H3,(H,16,18). The Morgan fingerprint density at radius 2 is 2.17 bits per heavy atom. The molecule has 2 fully saturated rings. The normalized spacial score (nSPS) is 28.8. The molecule has 2 N–H and O–H groups in total. The zero-order valence-electron chi connectivity index (χ0n) is 11.7. The van der Waals surface area contributed by atoms with Crippen molar-refractivity contribution >= 4 is 6.03 Å². The van der Waals surface area contributed by atoms with Crippen molar-refractivity contribution in [2.45, 2.75) is 58.0 Å². The van der Waals surface area contributed by atoms with Gasteiger partial charge in [-0.15, -0.1) is 0 Å². The van der Waals surface area contributed by atoms with Crippen LogP contribution in [0.3, 0.4) is 0 Å². The van der Waals surface area contributed by atoms with Gasteiger partial charge in [-0.2, -0.15) is 0 Å². The van der Waals surface area contributed by atoms with Gasteiger partial charge in [-0.25, -0.2) is 4.79 Å². The smallest absolute Gasteiger partial charge is 0.317 e. The quantitative estimate of drug-likeness (QED) is 0.786. The largest absolute Gasteiger partial charge is 0.333 e. The van der Waals surface area contributed by atoms with Gasteiger partial charge in [-0.3, -0.25) is 0 Å². The van der Waals surface area contributed by atoms with Crippen LogP contribution in [0.1, 0.15) is 46.0 Å². The summed E-state index contributed by atoms with van der Waals surface area (Å²) in [5.41, 5.74) is 0. The second-order valence-corrected chi connectivity index (χ2v) is 6.16. The average molecular weight is 253 g/mol. The highest BCUT2D eigenvalue weighted by Gasteiger charge is 2.29. The average Bonchev–Trinajstić information content (AvgIpc) is 2.67. The number of carbonyl (C=O) groups excluding carboxylic acids is 1. The molecule has 18 heavy (non-hydrogen) atoms. The number of nitrogens with one attached hydrogen (secondary N) is 2. The number of hydrogen-bond acceptors (Lipinski definition) is 2. The predicted molar refractivity (Wildman–Crippen MR) is 73.6 cm³/mol. The molecule has 0 aromatic carbocycles. The maximum atomic E-state index is 11.8. The van der Waals surface area contributed by atoms with Crippen molar-refractivity contribution in [3.8, 4) is 0 Å². The predicted octanol–water partition coefficient (Wildman–Crippen LogP) is 1.96. The third-order valence-electron chi connectivity index (χ3n) is 3.97. The lowest BCUT2D eigenvalue weighted by Gasteiger charge is -2.25. The molecule has 4 nitrogen and oxygen atoms in total. The molecular weight excluding hydrogens is 226 g/mol. The third-order valence-corrected chi connectivity index (χ3v) is 3.97. The number of piperidine rings is 1. The maximum Gasteiger partial charge on any atom is 0.317 e. The second kappa shape index (κ2) is 6.41. The van der Waals surface area contributed by atoms with Crippen molar-refractivity contribution in [1.82, 2.24) is 15.5 Å². The first-order valence-electron chi connectivity index (χ1n) is 7.44. The van der Waals surface area contributed by atoms with Crippen LogP contribution in [0.4, 0.5) is 4.79 Å². The number of urea groups is 1. The molecule has 0 saturated carbocycles. The van der Waals surface area contributed by atoms with E-state index >= 15 is 0 Å². The van der Waals surface area contributed by atoms with Gasteiger partial charge < -0.3 is 15.5 Å². The monoisotopic (exact) mass is 253 g/mol. The van der Waals surface area contributed by atoms with Crippen LogP contribution >= 0.6 is 0 Å². The molecule has 0 radical (unpaired) electrons. The summed E-state index contributed by atoms with van der Waals surface area (Å²) in [6, 6.07) is 1.11. The maximum absolute atomic E-state index is 11.8. The van der Waals surface area contributed by atoms with Gasteiger partial charge in [-0.1, -0.05) is 20.3 Å². The van der Waals surface area contributed by atoms with Gasteiger partial charge in [0.05, 0.1) is 0 Å². The molecule has 0 aromatic heterocycles. The summed E-state index contributed by atoms with van der Waals surface area (Å²) in [6.07, 6.45) is 6.09. The van der Waals surface area contributed by atoms with E-state index in [-0.39, 0.29) is 6.03 Å². The van der Waals surface area contributed by atoms with Crippen molar-refractivity contribution < 1.29 is 4.79 Å². The van der Waals surface area contributed by atoms with Gasteiger partial charge in [0.1, 0.15) is 0 Å². The van der Waals surface area contributed by atoms with Crippen molar-refractivity contribution in [3.63, 3.8) is 0 Å². The minimum Gasteiger partial charge on any atom is -0.333 e. The zero-order valence-corrected chi connectivity index (χ0v) is 11.7. The Balaban J connectivity index is 1.71. The van der Waals surface area contributed by atoms with Crippen LogP contribution in [0.5, 0.6) is 0 Å². The number of rotatable bonds is 5. The summed E-state index contributed by atoms with van der Waals surface area (Å²) in [6.45, 7) is 7.36. The summed E-state index contributed by atoms with van der Waals surface area (Å²) >= 11 is 0. The van der Waals surface area contributed by atoms with E-state index in [1.807, 2.05) is 4.90 Å². The Morgan fingerprint density at radius 1 is 1.33 bits per heavy atom. The molecule has 2 rings (SSSR count). The minimum absolute atomic E-state index is 0.136. The zero-order chi connectivity index (χ0) is 13.0. The third kappa shape index (κ3) is 3.87. The molecule has 2 atom stereocenters. The van der Waals surface area contributed by atoms with Crippen molar-refractivity contribution in [1.29, 1.82) is 0 Å². The van der Waals surface area contributed by atoms with Crippen LogP contribution in [0.15, 0.2) is 0 Å². The highest BCUT2D eigenvalue weighted by molar-refractivity contribution is 5.76. The molecular formula is C14H27N3O. The highest BCUT2D eigenvalue weighted by atomic mass is 16.2. The van der Waals surface area contributed by atoms with Gasteiger partial charge in [0, 0.05) is 25.2 Å². The molecule has 2 aliphatic heterocycles. The van der Waals surface area contributed by atoms with Crippen LogP contribution in [-0.2, 0) is 0 Å². The Hall–Kier alpha value is -0.770. The fourth-order valence-corrected chi connectivity index (χ4v) is 3.04. The van der Waals surface area contributed by atoms with Gasteiger partial charge >= 0.3 is 6.03 Å². The summed E-state index contributed by atoms with van der Waals surface area (Å²) in [5, 5.41) is 6.63. The fraction of sp³-hybridized carbons (Fsp3) is 0.929. The van der Waals surface area contributed by atoms with E-state index in [1.54, 1.807) is 0 Å². The lowest BCUT2D eigenvalue weighted by atomic mass is 10.0. The van der Waals surface area contributed by atoms with E-state index in [1.165, 1.54) is 19.3 Å².